The summed E-state index contributed by atoms with van der Waals surface area (Å²) >= 11 is 13.3. The average molecular weight is 287 g/mol. The van der Waals surface area contributed by atoms with E-state index in [0.29, 0.717) is 26.0 Å². The summed E-state index contributed by atoms with van der Waals surface area (Å²) in [5.74, 6) is 0.504. The third kappa shape index (κ3) is 3.00. The first-order chi connectivity index (χ1) is 8.20. The predicted molar refractivity (Wildman–Crippen MR) is 70.0 cm³/mol. The lowest BCUT2D eigenvalue weighted by atomic mass is 10.5. The van der Waals surface area contributed by atoms with E-state index in [4.69, 9.17) is 23.2 Å². The van der Waals surface area contributed by atoms with Gasteiger partial charge in [-0.05, 0) is 23.9 Å². The highest BCUT2D eigenvalue weighted by atomic mass is 35.5. The van der Waals surface area contributed by atoms with Crippen LogP contribution in [0.3, 0.4) is 0 Å². The van der Waals surface area contributed by atoms with Crippen LogP contribution in [0.15, 0.2) is 34.6 Å². The molecule has 0 fully saturated rings. The molecule has 0 aliphatic heterocycles. The van der Waals surface area contributed by atoms with Crippen molar-refractivity contribution in [2.75, 3.05) is 12.4 Å². The van der Waals surface area contributed by atoms with Crippen LogP contribution >= 0.6 is 35.0 Å². The number of nitrogens with one attached hydrogen (secondary N) is 1. The van der Waals surface area contributed by atoms with E-state index in [-0.39, 0.29) is 0 Å². The Balaban J connectivity index is 2.32. The second-order valence-corrected chi connectivity index (χ2v) is 4.78. The number of halogens is 2. The fourth-order valence-corrected chi connectivity index (χ4v) is 2.27. The zero-order chi connectivity index (χ0) is 12.3. The monoisotopic (exact) mass is 286 g/mol. The summed E-state index contributed by atoms with van der Waals surface area (Å²) in [6, 6.07) is 3.54. The Bertz CT molecular complexity index is 535. The van der Waals surface area contributed by atoms with Crippen molar-refractivity contribution in [3.8, 4) is 0 Å². The third-order valence-corrected chi connectivity index (χ3v) is 3.68. The Kier molecular flexibility index (Phi) is 4.04. The van der Waals surface area contributed by atoms with Crippen molar-refractivity contribution >= 4 is 40.9 Å². The van der Waals surface area contributed by atoms with Gasteiger partial charge in [0.25, 0.3) is 0 Å². The van der Waals surface area contributed by atoms with Gasteiger partial charge in [-0.25, -0.2) is 15.0 Å². The maximum atomic E-state index is 6.01. The van der Waals surface area contributed by atoms with Crippen molar-refractivity contribution in [1.82, 2.24) is 15.0 Å². The molecule has 0 aromatic carbocycles. The summed E-state index contributed by atoms with van der Waals surface area (Å²) in [7, 11) is 1.74. The normalized spacial score (nSPS) is 10.3. The van der Waals surface area contributed by atoms with Crippen LogP contribution in [0.4, 0.5) is 5.95 Å². The molecule has 0 aliphatic rings. The fourth-order valence-electron chi connectivity index (χ4n) is 1.08. The Morgan fingerprint density at radius 1 is 1.18 bits per heavy atom. The number of anilines is 1. The van der Waals surface area contributed by atoms with Crippen molar-refractivity contribution < 1.29 is 0 Å². The second kappa shape index (κ2) is 5.53. The lowest BCUT2D eigenvalue weighted by molar-refractivity contribution is 1.04. The molecule has 4 nitrogen and oxygen atoms in total. The molecule has 2 aromatic heterocycles. The molecule has 0 bridgehead atoms. The van der Waals surface area contributed by atoms with E-state index < -0.39 is 0 Å². The zero-order valence-electron chi connectivity index (χ0n) is 8.82. The average Bonchev–Trinajstić information content (AvgIpc) is 2.35. The van der Waals surface area contributed by atoms with Gasteiger partial charge in [0.05, 0.1) is 16.2 Å². The Labute approximate surface area is 113 Å². The van der Waals surface area contributed by atoms with Crippen LogP contribution < -0.4 is 5.32 Å². The number of rotatable bonds is 3. The number of nitrogens with zero attached hydrogens (tertiary/aromatic N) is 3. The highest BCUT2D eigenvalue weighted by Crippen LogP contribution is 2.34. The topological polar surface area (TPSA) is 50.7 Å². The highest BCUT2D eigenvalue weighted by molar-refractivity contribution is 7.99. The van der Waals surface area contributed by atoms with Gasteiger partial charge in [-0.1, -0.05) is 23.2 Å². The van der Waals surface area contributed by atoms with Crippen LogP contribution in [0.2, 0.25) is 10.0 Å². The predicted octanol–water partition coefficient (Wildman–Crippen LogP) is 3.37. The molecule has 2 rings (SSSR count). The summed E-state index contributed by atoms with van der Waals surface area (Å²) in [6.07, 6.45) is 3.21. The van der Waals surface area contributed by atoms with Crippen LogP contribution in [0.5, 0.6) is 0 Å². The molecule has 0 atom stereocenters. The number of hydrogen-bond acceptors (Lipinski definition) is 5. The lowest BCUT2D eigenvalue weighted by Gasteiger charge is -2.05. The van der Waals surface area contributed by atoms with E-state index in [2.05, 4.69) is 20.3 Å². The van der Waals surface area contributed by atoms with Crippen molar-refractivity contribution in [2.45, 2.75) is 10.1 Å². The molecule has 0 radical (unpaired) electrons. The van der Waals surface area contributed by atoms with Gasteiger partial charge in [-0.3, -0.25) is 0 Å². The van der Waals surface area contributed by atoms with Crippen molar-refractivity contribution in [2.24, 2.45) is 0 Å². The molecule has 88 valence electrons. The number of aromatic nitrogens is 3. The summed E-state index contributed by atoms with van der Waals surface area (Å²) in [6.45, 7) is 0. The van der Waals surface area contributed by atoms with Crippen molar-refractivity contribution in [3.05, 3.63) is 34.6 Å². The minimum atomic E-state index is 0.468. The van der Waals surface area contributed by atoms with Crippen LogP contribution in [0.25, 0.3) is 0 Å². The Hall–Kier alpha value is -1.04. The molecule has 0 saturated carbocycles. The summed E-state index contributed by atoms with van der Waals surface area (Å²) in [4.78, 5) is 12.4. The first-order valence-electron chi connectivity index (χ1n) is 4.69. The smallest absolute Gasteiger partial charge is 0.223 e. The number of pyridine rings is 1. The van der Waals surface area contributed by atoms with E-state index in [1.54, 1.807) is 31.6 Å². The first-order valence-corrected chi connectivity index (χ1v) is 6.26. The molecule has 7 heteroatoms. The van der Waals surface area contributed by atoms with Crippen LogP contribution in [-0.4, -0.2) is 22.0 Å². The Morgan fingerprint density at radius 3 is 2.71 bits per heavy atom. The van der Waals surface area contributed by atoms with Gasteiger partial charge in [-0.2, -0.15) is 0 Å². The van der Waals surface area contributed by atoms with E-state index in [1.165, 1.54) is 11.8 Å². The standard InChI is InChI=1S/C10H8Cl2N4S/c1-13-10-15-5-7(12)9(16-10)17-8-6(11)3-2-4-14-8/h2-5H,1H3,(H,13,15,16). The van der Waals surface area contributed by atoms with Crippen molar-refractivity contribution in [1.29, 1.82) is 0 Å². The molecule has 2 heterocycles. The fraction of sp³-hybridized carbons (Fsp3) is 0.100. The van der Waals surface area contributed by atoms with E-state index in [0.717, 1.165) is 0 Å². The quantitative estimate of drug-likeness (QED) is 0.877. The van der Waals surface area contributed by atoms with Gasteiger partial charge in [0.2, 0.25) is 5.95 Å². The lowest BCUT2D eigenvalue weighted by Crippen LogP contribution is -1.97. The molecule has 17 heavy (non-hydrogen) atoms. The summed E-state index contributed by atoms with van der Waals surface area (Å²) < 4.78 is 0. The molecule has 1 N–H and O–H groups in total. The van der Waals surface area contributed by atoms with Gasteiger partial charge in [0.15, 0.2) is 0 Å². The van der Waals surface area contributed by atoms with E-state index >= 15 is 0 Å². The number of hydrogen-bond donors (Lipinski definition) is 1. The van der Waals surface area contributed by atoms with E-state index in [9.17, 15) is 0 Å². The third-order valence-electron chi connectivity index (χ3n) is 1.85. The SMILES string of the molecule is CNc1ncc(Cl)c(Sc2ncccc2Cl)n1. The van der Waals surface area contributed by atoms with Gasteiger partial charge >= 0.3 is 0 Å². The van der Waals surface area contributed by atoms with Crippen molar-refractivity contribution in [3.63, 3.8) is 0 Å². The molecule has 0 saturated heterocycles. The summed E-state index contributed by atoms with van der Waals surface area (Å²) in [5, 5.41) is 5.16. The minimum Gasteiger partial charge on any atom is -0.357 e. The van der Waals surface area contributed by atoms with Gasteiger partial charge in [0, 0.05) is 13.2 Å². The van der Waals surface area contributed by atoms with Gasteiger partial charge < -0.3 is 5.32 Å². The molecule has 0 unspecified atom stereocenters. The molecule has 2 aromatic rings. The Morgan fingerprint density at radius 2 is 2.00 bits per heavy atom. The van der Waals surface area contributed by atoms with E-state index in [1.807, 2.05) is 0 Å². The molecular formula is C10H8Cl2N4S. The maximum absolute atomic E-state index is 6.01. The van der Waals surface area contributed by atoms with Crippen LogP contribution in [-0.2, 0) is 0 Å². The van der Waals surface area contributed by atoms with Gasteiger partial charge in [-0.15, -0.1) is 0 Å². The summed E-state index contributed by atoms with van der Waals surface area (Å²) in [5.41, 5.74) is 0. The molecular weight excluding hydrogens is 279 g/mol. The molecule has 0 aliphatic carbocycles. The van der Waals surface area contributed by atoms with Crippen LogP contribution in [0, 0.1) is 0 Å². The largest absolute Gasteiger partial charge is 0.357 e. The maximum Gasteiger partial charge on any atom is 0.223 e. The highest BCUT2D eigenvalue weighted by Gasteiger charge is 2.10. The first kappa shape index (κ1) is 12.4. The zero-order valence-corrected chi connectivity index (χ0v) is 11.1. The minimum absolute atomic E-state index is 0.468. The van der Waals surface area contributed by atoms with Crippen LogP contribution in [0.1, 0.15) is 0 Å². The second-order valence-electron chi connectivity index (χ2n) is 2.99. The van der Waals surface area contributed by atoms with Gasteiger partial charge in [0.1, 0.15) is 10.1 Å². The molecule has 0 spiro atoms. The molecule has 0 amide bonds.